The zero-order valence-electron chi connectivity index (χ0n) is 26.3. The van der Waals surface area contributed by atoms with Crippen molar-refractivity contribution in [1.29, 1.82) is 0 Å². The number of carbonyl (C=O) groups is 2. The van der Waals surface area contributed by atoms with E-state index in [2.05, 4.69) is 18.4 Å². The van der Waals surface area contributed by atoms with Gasteiger partial charge < -0.3 is 14.0 Å². The molecule has 0 N–H and O–H groups in total. The number of halogens is 1. The van der Waals surface area contributed by atoms with Crippen LogP contribution in [0.4, 0.5) is 4.79 Å². The van der Waals surface area contributed by atoms with Crippen LogP contribution in [-0.2, 0) is 27.2 Å². The fourth-order valence-corrected chi connectivity index (χ4v) is 6.42. The number of nitrogens with zero attached hydrogens (tertiary/aromatic N) is 3. The number of rotatable bonds is 8. The highest BCUT2D eigenvalue weighted by atomic mass is 35.5. The summed E-state index contributed by atoms with van der Waals surface area (Å²) in [4.78, 5) is 34.4. The van der Waals surface area contributed by atoms with Gasteiger partial charge in [-0.1, -0.05) is 54.1 Å². The third kappa shape index (κ3) is 5.87. The van der Waals surface area contributed by atoms with E-state index in [-0.39, 0.29) is 6.61 Å². The number of benzene rings is 2. The van der Waals surface area contributed by atoms with E-state index < -0.39 is 29.7 Å². The molecule has 1 saturated heterocycles. The topological polar surface area (TPSA) is 73.7 Å². The van der Waals surface area contributed by atoms with Crippen LogP contribution >= 0.6 is 11.6 Å². The number of cyclic esters (lactones) is 1. The molecular formula is C36H40ClN3O4. The predicted molar refractivity (Wildman–Crippen MR) is 173 cm³/mol. The van der Waals surface area contributed by atoms with Gasteiger partial charge in [-0.3, -0.25) is 4.79 Å². The van der Waals surface area contributed by atoms with E-state index in [1.165, 1.54) is 17.7 Å². The number of aryl methyl sites for hydroxylation is 2. The van der Waals surface area contributed by atoms with Crippen LogP contribution in [0.2, 0.25) is 5.02 Å². The summed E-state index contributed by atoms with van der Waals surface area (Å²) in [6, 6.07) is 17.1. The molecule has 8 heteroatoms. The monoisotopic (exact) mass is 613 g/mol. The van der Waals surface area contributed by atoms with Gasteiger partial charge in [0.15, 0.2) is 6.10 Å². The van der Waals surface area contributed by atoms with Crippen LogP contribution in [0.25, 0.3) is 22.2 Å². The van der Waals surface area contributed by atoms with Crippen molar-refractivity contribution in [2.45, 2.75) is 85.1 Å². The van der Waals surface area contributed by atoms with Crippen LogP contribution in [0, 0.1) is 26.7 Å². The first kappa shape index (κ1) is 30.4. The van der Waals surface area contributed by atoms with Gasteiger partial charge in [-0.15, -0.1) is 0 Å². The lowest BCUT2D eigenvalue weighted by Crippen LogP contribution is -2.45. The maximum atomic E-state index is 14.7. The van der Waals surface area contributed by atoms with E-state index in [4.69, 9.17) is 26.1 Å². The summed E-state index contributed by atoms with van der Waals surface area (Å²) in [6.07, 6.45) is 1.19. The molecule has 1 aliphatic carbocycles. The summed E-state index contributed by atoms with van der Waals surface area (Å²) in [6.45, 7) is 13.0. The Balaban J connectivity index is 1.55. The molecule has 2 atom stereocenters. The van der Waals surface area contributed by atoms with Gasteiger partial charge >= 0.3 is 6.09 Å². The fraction of sp³-hybridized carbons (Fsp3) is 0.417. The van der Waals surface area contributed by atoms with Crippen molar-refractivity contribution in [3.05, 3.63) is 87.7 Å². The van der Waals surface area contributed by atoms with Crippen LogP contribution in [0.3, 0.4) is 0 Å². The number of pyridine rings is 1. The van der Waals surface area contributed by atoms with E-state index in [0.717, 1.165) is 45.5 Å². The molecule has 1 saturated carbocycles. The number of imide groups is 1. The first-order valence-electron chi connectivity index (χ1n) is 15.4. The Hall–Kier alpha value is -3.68. The standard InChI is InChI=1S/C36H40ClN3O4/c1-21-23(3)39(19-25-12-13-25)33-29(21)31(26-14-16-27(37)17-15-26)30(22(2)38-33)32(44-36(4,5)6)34(41)40-28(20-43-35(40)42)18-24-10-8-7-9-11-24/h7-11,14-17,25,28,32H,12-13,18-20H2,1-6H3/t28-,32?/m1/s1. The molecule has 4 aromatic rings. The van der Waals surface area contributed by atoms with Gasteiger partial charge in [0.2, 0.25) is 0 Å². The number of hydrogen-bond acceptors (Lipinski definition) is 5. The van der Waals surface area contributed by atoms with Crippen molar-refractivity contribution >= 4 is 34.6 Å². The molecule has 6 rings (SSSR count). The molecule has 1 aliphatic heterocycles. The second-order valence-corrected chi connectivity index (χ2v) is 13.6. The Morgan fingerprint density at radius 2 is 1.75 bits per heavy atom. The van der Waals surface area contributed by atoms with Gasteiger partial charge in [0.05, 0.1) is 11.6 Å². The lowest BCUT2D eigenvalue weighted by atomic mass is 9.90. The van der Waals surface area contributed by atoms with E-state index in [9.17, 15) is 9.59 Å². The summed E-state index contributed by atoms with van der Waals surface area (Å²) in [5, 5.41) is 1.62. The molecule has 44 heavy (non-hydrogen) atoms. The van der Waals surface area contributed by atoms with Gasteiger partial charge in [0, 0.05) is 39.5 Å². The Morgan fingerprint density at radius 3 is 2.39 bits per heavy atom. The fourth-order valence-electron chi connectivity index (χ4n) is 6.29. The van der Waals surface area contributed by atoms with Crippen molar-refractivity contribution < 1.29 is 19.1 Å². The minimum atomic E-state index is -1.10. The minimum absolute atomic E-state index is 0.129. The number of aromatic nitrogens is 2. The van der Waals surface area contributed by atoms with Gasteiger partial charge in [0.1, 0.15) is 12.3 Å². The van der Waals surface area contributed by atoms with Crippen molar-refractivity contribution in [3.63, 3.8) is 0 Å². The van der Waals surface area contributed by atoms with Crippen molar-refractivity contribution in [2.24, 2.45) is 5.92 Å². The highest BCUT2D eigenvalue weighted by Crippen LogP contribution is 2.44. The van der Waals surface area contributed by atoms with E-state index in [0.29, 0.717) is 28.6 Å². The highest BCUT2D eigenvalue weighted by molar-refractivity contribution is 6.30. The lowest BCUT2D eigenvalue weighted by Gasteiger charge is -2.32. The second kappa shape index (κ2) is 11.7. The molecule has 0 spiro atoms. The summed E-state index contributed by atoms with van der Waals surface area (Å²) in [5.74, 6) is 0.209. The largest absolute Gasteiger partial charge is 0.447 e. The SMILES string of the molecule is Cc1nc2c(c(C)c(C)n2CC2CC2)c(-c2ccc(Cl)cc2)c1C(OC(C)(C)C)C(=O)N1C(=O)OC[C@H]1Cc1ccccc1. The van der Waals surface area contributed by atoms with Crippen LogP contribution in [0.15, 0.2) is 54.6 Å². The van der Waals surface area contributed by atoms with Crippen molar-refractivity contribution in [3.8, 4) is 11.1 Å². The zero-order valence-corrected chi connectivity index (χ0v) is 27.1. The molecule has 2 amide bonds. The molecule has 2 aromatic carbocycles. The maximum Gasteiger partial charge on any atom is 0.417 e. The number of hydrogen-bond donors (Lipinski definition) is 0. The van der Waals surface area contributed by atoms with E-state index in [1.54, 1.807) is 0 Å². The smallest absolute Gasteiger partial charge is 0.417 e. The lowest BCUT2D eigenvalue weighted by molar-refractivity contribution is -0.152. The van der Waals surface area contributed by atoms with Gasteiger partial charge in [-0.05, 0) is 95.5 Å². The molecule has 230 valence electrons. The average Bonchev–Trinajstić information content (AvgIpc) is 3.69. The maximum absolute atomic E-state index is 14.7. The van der Waals surface area contributed by atoms with Crippen LogP contribution < -0.4 is 0 Å². The van der Waals surface area contributed by atoms with Crippen LogP contribution in [0.1, 0.15) is 67.8 Å². The average molecular weight is 614 g/mol. The Morgan fingerprint density at radius 1 is 1.07 bits per heavy atom. The third-order valence-electron chi connectivity index (χ3n) is 8.73. The normalized spacial score (nSPS) is 17.8. The first-order chi connectivity index (χ1) is 20.9. The molecule has 0 bridgehead atoms. The third-order valence-corrected chi connectivity index (χ3v) is 8.98. The quantitative estimate of drug-likeness (QED) is 0.201. The Labute approximate surface area is 264 Å². The number of amides is 2. The Bertz CT molecular complexity index is 1720. The predicted octanol–water partition coefficient (Wildman–Crippen LogP) is 8.14. The molecule has 0 radical (unpaired) electrons. The van der Waals surface area contributed by atoms with Crippen molar-refractivity contribution in [1.82, 2.24) is 14.5 Å². The van der Waals surface area contributed by atoms with Gasteiger partial charge in [-0.25, -0.2) is 14.7 Å². The van der Waals surface area contributed by atoms with Crippen LogP contribution in [-0.4, -0.2) is 44.7 Å². The Kier molecular flexibility index (Phi) is 8.05. The highest BCUT2D eigenvalue weighted by Gasteiger charge is 2.44. The molecule has 3 heterocycles. The first-order valence-corrected chi connectivity index (χ1v) is 15.8. The summed E-state index contributed by atoms with van der Waals surface area (Å²) in [5.41, 5.74) is 6.63. The zero-order chi connectivity index (χ0) is 31.3. The molecule has 2 aromatic heterocycles. The second-order valence-electron chi connectivity index (χ2n) is 13.2. The summed E-state index contributed by atoms with van der Waals surface area (Å²) < 4.78 is 14.4. The summed E-state index contributed by atoms with van der Waals surface area (Å²) in [7, 11) is 0. The number of fused-ring (bicyclic) bond motifs is 1. The number of carbonyl (C=O) groups excluding carboxylic acids is 2. The molecule has 2 fully saturated rings. The molecular weight excluding hydrogens is 574 g/mol. The van der Waals surface area contributed by atoms with Gasteiger partial charge in [0.25, 0.3) is 5.91 Å². The van der Waals surface area contributed by atoms with Gasteiger partial charge in [-0.2, -0.15) is 0 Å². The molecule has 7 nitrogen and oxygen atoms in total. The molecule has 1 unspecified atom stereocenters. The molecule has 2 aliphatic rings. The summed E-state index contributed by atoms with van der Waals surface area (Å²) >= 11 is 6.34. The van der Waals surface area contributed by atoms with E-state index in [1.807, 2.05) is 82.3 Å². The van der Waals surface area contributed by atoms with E-state index >= 15 is 0 Å². The van der Waals surface area contributed by atoms with Crippen molar-refractivity contribution in [2.75, 3.05) is 6.61 Å². The number of ether oxygens (including phenoxy) is 2. The van der Waals surface area contributed by atoms with Crippen LogP contribution in [0.5, 0.6) is 0 Å². The minimum Gasteiger partial charge on any atom is -0.447 e.